The van der Waals surface area contributed by atoms with Gasteiger partial charge in [-0.05, 0) is 17.7 Å². The molecule has 1 heterocycles. The molecule has 28 heavy (non-hydrogen) atoms. The highest BCUT2D eigenvalue weighted by atomic mass is 35.5. The number of nitrogens with zero attached hydrogens (tertiary/aromatic N) is 1. The van der Waals surface area contributed by atoms with Gasteiger partial charge in [-0.25, -0.2) is 4.98 Å². The molecule has 3 rings (SSSR count). The molecule has 0 fully saturated rings. The standard InChI is InChI=1S/C21H20ClN3O3/c1-27-18-10-16(22)17(11-19(18)28-2)25-20-9-8-15(13-23-20)21(26)24-12-14-6-4-3-5-7-14/h3-11,13H,12H2,1-2H3,(H,23,25)(H,24,26). The molecule has 144 valence electrons. The van der Waals surface area contributed by atoms with Crippen molar-refractivity contribution >= 4 is 29.0 Å². The third-order valence-corrected chi connectivity index (χ3v) is 4.37. The van der Waals surface area contributed by atoms with Gasteiger partial charge in [-0.3, -0.25) is 4.79 Å². The van der Waals surface area contributed by atoms with Crippen molar-refractivity contribution in [3.8, 4) is 11.5 Å². The SMILES string of the molecule is COc1cc(Cl)c(Nc2ccc(C(=O)NCc3ccccc3)cn2)cc1OC. The van der Waals surface area contributed by atoms with Crippen LogP contribution in [-0.4, -0.2) is 25.1 Å². The summed E-state index contributed by atoms with van der Waals surface area (Å²) in [5.41, 5.74) is 2.12. The molecule has 3 aromatic rings. The van der Waals surface area contributed by atoms with Crippen LogP contribution in [0.15, 0.2) is 60.8 Å². The van der Waals surface area contributed by atoms with Gasteiger partial charge in [-0.15, -0.1) is 0 Å². The van der Waals surface area contributed by atoms with E-state index in [9.17, 15) is 4.79 Å². The van der Waals surface area contributed by atoms with Crippen LogP contribution in [0.2, 0.25) is 5.02 Å². The van der Waals surface area contributed by atoms with E-state index < -0.39 is 0 Å². The van der Waals surface area contributed by atoms with Gasteiger partial charge >= 0.3 is 0 Å². The summed E-state index contributed by atoms with van der Waals surface area (Å²) in [7, 11) is 3.10. The van der Waals surface area contributed by atoms with Crippen LogP contribution in [0.4, 0.5) is 11.5 Å². The summed E-state index contributed by atoms with van der Waals surface area (Å²) < 4.78 is 10.5. The second-order valence-electron chi connectivity index (χ2n) is 5.91. The van der Waals surface area contributed by atoms with E-state index >= 15 is 0 Å². The molecule has 7 heteroatoms. The van der Waals surface area contributed by atoms with Gasteiger partial charge in [0.05, 0.1) is 30.5 Å². The number of halogens is 1. The number of methoxy groups -OCH3 is 2. The number of rotatable bonds is 7. The first-order chi connectivity index (χ1) is 13.6. The molecule has 0 bridgehead atoms. The van der Waals surface area contributed by atoms with Gasteiger partial charge in [0.25, 0.3) is 5.91 Å². The normalized spacial score (nSPS) is 10.2. The maximum absolute atomic E-state index is 12.3. The number of ether oxygens (including phenoxy) is 2. The summed E-state index contributed by atoms with van der Waals surface area (Å²) in [6.07, 6.45) is 1.51. The van der Waals surface area contributed by atoms with Gasteiger partial charge in [0.2, 0.25) is 0 Å². The van der Waals surface area contributed by atoms with Crippen molar-refractivity contribution in [1.29, 1.82) is 0 Å². The Kier molecular flexibility index (Phi) is 6.34. The quantitative estimate of drug-likeness (QED) is 0.617. The lowest BCUT2D eigenvalue weighted by Crippen LogP contribution is -2.22. The van der Waals surface area contributed by atoms with Crippen molar-refractivity contribution in [2.24, 2.45) is 0 Å². The molecule has 0 spiro atoms. The average molecular weight is 398 g/mol. The highest BCUT2D eigenvalue weighted by Crippen LogP contribution is 2.37. The molecule has 0 unspecified atom stereocenters. The zero-order valence-corrected chi connectivity index (χ0v) is 16.3. The molecule has 0 saturated heterocycles. The van der Waals surface area contributed by atoms with Crippen LogP contribution >= 0.6 is 11.6 Å². The van der Waals surface area contributed by atoms with Crippen molar-refractivity contribution in [1.82, 2.24) is 10.3 Å². The van der Waals surface area contributed by atoms with E-state index in [1.54, 1.807) is 38.5 Å². The first-order valence-corrected chi connectivity index (χ1v) is 8.95. The minimum absolute atomic E-state index is 0.188. The number of anilines is 2. The van der Waals surface area contributed by atoms with Gasteiger partial charge in [0, 0.05) is 24.9 Å². The van der Waals surface area contributed by atoms with E-state index in [4.69, 9.17) is 21.1 Å². The first-order valence-electron chi connectivity index (χ1n) is 8.57. The second kappa shape index (κ2) is 9.10. The fraction of sp³-hybridized carbons (Fsp3) is 0.143. The number of aromatic nitrogens is 1. The third kappa shape index (κ3) is 4.72. The lowest BCUT2D eigenvalue weighted by atomic mass is 10.2. The molecular weight excluding hydrogens is 378 g/mol. The topological polar surface area (TPSA) is 72.5 Å². The third-order valence-electron chi connectivity index (χ3n) is 4.06. The van der Waals surface area contributed by atoms with Crippen molar-refractivity contribution in [3.63, 3.8) is 0 Å². The van der Waals surface area contributed by atoms with E-state index in [-0.39, 0.29) is 5.91 Å². The number of benzene rings is 2. The Balaban J connectivity index is 1.67. The number of amides is 1. The Morgan fingerprint density at radius 3 is 2.39 bits per heavy atom. The molecule has 0 radical (unpaired) electrons. The molecule has 1 aromatic heterocycles. The van der Waals surface area contributed by atoms with Crippen LogP contribution in [0.1, 0.15) is 15.9 Å². The van der Waals surface area contributed by atoms with E-state index in [1.165, 1.54) is 6.20 Å². The van der Waals surface area contributed by atoms with Crippen molar-refractivity contribution < 1.29 is 14.3 Å². The van der Waals surface area contributed by atoms with E-state index in [2.05, 4.69) is 15.6 Å². The molecule has 0 atom stereocenters. The van der Waals surface area contributed by atoms with Gasteiger partial charge in [0.1, 0.15) is 5.82 Å². The Hall–Kier alpha value is -3.25. The van der Waals surface area contributed by atoms with Crippen LogP contribution in [-0.2, 0) is 6.54 Å². The monoisotopic (exact) mass is 397 g/mol. The van der Waals surface area contributed by atoms with Crippen LogP contribution < -0.4 is 20.1 Å². The molecule has 0 aliphatic heterocycles. The zero-order valence-electron chi connectivity index (χ0n) is 15.5. The first kappa shape index (κ1) is 19.5. The lowest BCUT2D eigenvalue weighted by Gasteiger charge is -2.13. The number of carbonyl (C=O) groups excluding carboxylic acids is 1. The van der Waals surface area contributed by atoms with E-state index in [0.717, 1.165) is 5.56 Å². The van der Waals surface area contributed by atoms with E-state index in [0.29, 0.717) is 40.1 Å². The van der Waals surface area contributed by atoms with Crippen LogP contribution in [0.3, 0.4) is 0 Å². The molecule has 1 amide bonds. The molecule has 6 nitrogen and oxygen atoms in total. The molecule has 2 aromatic carbocycles. The minimum atomic E-state index is -0.188. The van der Waals surface area contributed by atoms with Crippen LogP contribution in [0.25, 0.3) is 0 Å². The lowest BCUT2D eigenvalue weighted by molar-refractivity contribution is 0.0950. The van der Waals surface area contributed by atoms with Crippen molar-refractivity contribution in [3.05, 3.63) is 76.9 Å². The molecule has 0 aliphatic rings. The summed E-state index contributed by atoms with van der Waals surface area (Å²) in [4.78, 5) is 16.6. The number of carbonyl (C=O) groups is 1. The Morgan fingerprint density at radius 1 is 1.04 bits per heavy atom. The van der Waals surface area contributed by atoms with Crippen molar-refractivity contribution in [2.45, 2.75) is 6.54 Å². The predicted octanol–water partition coefficient (Wildman–Crippen LogP) is 4.43. The van der Waals surface area contributed by atoms with Crippen molar-refractivity contribution in [2.75, 3.05) is 19.5 Å². The summed E-state index contributed by atoms with van der Waals surface area (Å²) in [5, 5.41) is 6.44. The maximum atomic E-state index is 12.3. The maximum Gasteiger partial charge on any atom is 0.253 e. The highest BCUT2D eigenvalue weighted by molar-refractivity contribution is 6.33. The number of hydrogen-bond donors (Lipinski definition) is 2. The number of nitrogens with one attached hydrogen (secondary N) is 2. The van der Waals surface area contributed by atoms with Gasteiger partial charge < -0.3 is 20.1 Å². The fourth-order valence-corrected chi connectivity index (χ4v) is 2.77. The highest BCUT2D eigenvalue weighted by Gasteiger charge is 2.11. The average Bonchev–Trinajstić information content (AvgIpc) is 2.74. The fourth-order valence-electron chi connectivity index (χ4n) is 2.57. The van der Waals surface area contributed by atoms with Crippen LogP contribution in [0, 0.1) is 0 Å². The summed E-state index contributed by atoms with van der Waals surface area (Å²) in [5.74, 6) is 1.45. The van der Waals surface area contributed by atoms with Gasteiger partial charge in [-0.1, -0.05) is 41.9 Å². The van der Waals surface area contributed by atoms with Gasteiger partial charge in [0.15, 0.2) is 11.5 Å². The molecular formula is C21H20ClN3O3. The van der Waals surface area contributed by atoms with Crippen LogP contribution in [0.5, 0.6) is 11.5 Å². The van der Waals surface area contributed by atoms with E-state index in [1.807, 2.05) is 30.3 Å². The molecule has 0 saturated carbocycles. The Labute approximate surface area is 168 Å². The zero-order chi connectivity index (χ0) is 19.9. The summed E-state index contributed by atoms with van der Waals surface area (Å²) in [6.45, 7) is 0.459. The molecule has 2 N–H and O–H groups in total. The smallest absolute Gasteiger partial charge is 0.253 e. The largest absolute Gasteiger partial charge is 0.493 e. The van der Waals surface area contributed by atoms with Gasteiger partial charge in [-0.2, -0.15) is 0 Å². The Morgan fingerprint density at radius 2 is 1.75 bits per heavy atom. The summed E-state index contributed by atoms with van der Waals surface area (Å²) >= 11 is 6.28. The second-order valence-corrected chi connectivity index (χ2v) is 6.32. The number of pyridine rings is 1. The molecule has 0 aliphatic carbocycles. The number of hydrogen-bond acceptors (Lipinski definition) is 5. The minimum Gasteiger partial charge on any atom is -0.493 e. The Bertz CT molecular complexity index is 947. The predicted molar refractivity (Wildman–Crippen MR) is 110 cm³/mol. The summed E-state index contributed by atoms with van der Waals surface area (Å²) in [6, 6.07) is 16.5.